The predicted octanol–water partition coefficient (Wildman–Crippen LogP) is 4.84. The van der Waals surface area contributed by atoms with Gasteiger partial charge in [0.2, 0.25) is 5.91 Å². The molecule has 0 N–H and O–H groups in total. The van der Waals surface area contributed by atoms with Crippen molar-refractivity contribution in [3.8, 4) is 12.1 Å². The molecule has 5 rings (SSSR count). The molecule has 9 nitrogen and oxygen atoms in total. The van der Waals surface area contributed by atoms with Crippen molar-refractivity contribution in [1.29, 1.82) is 5.26 Å². The van der Waals surface area contributed by atoms with Crippen LogP contribution in [0.1, 0.15) is 56.4 Å². The molecular formula is C31H43F2N7O2. The first-order valence-electron chi connectivity index (χ1n) is 14.7. The molecule has 4 heterocycles. The molecule has 2 fully saturated rings. The van der Waals surface area contributed by atoms with Crippen LogP contribution in [0.25, 0.3) is 0 Å². The second kappa shape index (κ2) is 16.0. The van der Waals surface area contributed by atoms with E-state index in [2.05, 4.69) is 39.5 Å². The number of anilines is 2. The Morgan fingerprint density at radius 3 is 2.45 bits per heavy atom. The van der Waals surface area contributed by atoms with Gasteiger partial charge in [-0.2, -0.15) is 15.2 Å². The molecule has 0 bridgehead atoms. The summed E-state index contributed by atoms with van der Waals surface area (Å²) in [5, 5.41) is 9.28. The highest BCUT2D eigenvalue weighted by Crippen LogP contribution is 2.35. The fraction of sp³-hybridized carbons (Fsp3) is 0.548. The lowest BCUT2D eigenvalue weighted by atomic mass is 10.0. The molecule has 0 aliphatic carbocycles. The number of amides is 1. The summed E-state index contributed by atoms with van der Waals surface area (Å²) in [6.07, 6.45) is 2.29. The van der Waals surface area contributed by atoms with Crippen molar-refractivity contribution in [1.82, 2.24) is 19.8 Å². The summed E-state index contributed by atoms with van der Waals surface area (Å²) in [5.74, 6) is 0.507. The Bertz CT molecular complexity index is 1230. The number of alkyl halides is 2. The summed E-state index contributed by atoms with van der Waals surface area (Å²) in [6, 6.07) is 8.57. The molecule has 0 saturated carbocycles. The molecule has 42 heavy (non-hydrogen) atoms. The highest BCUT2D eigenvalue weighted by molar-refractivity contribution is 5.87. The van der Waals surface area contributed by atoms with E-state index in [4.69, 9.17) is 4.74 Å². The van der Waals surface area contributed by atoms with Crippen molar-refractivity contribution >= 4 is 17.4 Å². The number of nitrogens with zero attached hydrogens (tertiary/aromatic N) is 7. The van der Waals surface area contributed by atoms with Gasteiger partial charge < -0.3 is 24.3 Å². The lowest BCUT2D eigenvalue weighted by molar-refractivity contribution is -0.128. The van der Waals surface area contributed by atoms with Crippen molar-refractivity contribution in [2.24, 2.45) is 0 Å². The molecule has 11 heteroatoms. The average Bonchev–Trinajstić information content (AvgIpc) is 3.52. The topological polar surface area (TPSA) is 88.8 Å². The molecule has 1 aromatic carbocycles. The van der Waals surface area contributed by atoms with Crippen LogP contribution in [0, 0.1) is 11.3 Å². The van der Waals surface area contributed by atoms with Gasteiger partial charge in [0.15, 0.2) is 0 Å². The Kier molecular flexibility index (Phi) is 12.5. The van der Waals surface area contributed by atoms with Gasteiger partial charge in [0.05, 0.1) is 37.9 Å². The number of benzene rings is 1. The average molecular weight is 584 g/mol. The van der Waals surface area contributed by atoms with E-state index in [1.54, 1.807) is 23.1 Å². The zero-order valence-electron chi connectivity index (χ0n) is 25.2. The molecule has 3 aliphatic rings. The van der Waals surface area contributed by atoms with Gasteiger partial charge in [-0.1, -0.05) is 38.6 Å². The van der Waals surface area contributed by atoms with Crippen LogP contribution in [-0.2, 0) is 17.8 Å². The number of fused-ring (bicyclic) bond motifs is 1. The molecule has 2 aromatic rings. The van der Waals surface area contributed by atoms with Crippen molar-refractivity contribution < 1.29 is 18.3 Å². The summed E-state index contributed by atoms with van der Waals surface area (Å²) in [4.78, 5) is 29.4. The monoisotopic (exact) mass is 583 g/mol. The summed E-state index contributed by atoms with van der Waals surface area (Å²) in [7, 11) is 3.66. The number of aromatic nitrogens is 2. The van der Waals surface area contributed by atoms with E-state index < -0.39 is 6.43 Å². The zero-order valence-corrected chi connectivity index (χ0v) is 25.2. The van der Waals surface area contributed by atoms with Crippen LogP contribution in [0.3, 0.4) is 0 Å². The smallest absolute Gasteiger partial charge is 0.318 e. The largest absolute Gasteiger partial charge is 0.467 e. The Balaban J connectivity index is 0.000000530. The Morgan fingerprint density at radius 1 is 1.14 bits per heavy atom. The highest BCUT2D eigenvalue weighted by Gasteiger charge is 2.33. The summed E-state index contributed by atoms with van der Waals surface area (Å²) in [6.45, 7) is 12.5. The first-order chi connectivity index (χ1) is 20.4. The number of carbonyl (C=O) groups excluding carboxylic acids is 1. The number of nitriles is 1. The van der Waals surface area contributed by atoms with Gasteiger partial charge in [-0.15, -0.1) is 0 Å². The van der Waals surface area contributed by atoms with Crippen LogP contribution >= 0.6 is 0 Å². The third-order valence-corrected chi connectivity index (χ3v) is 7.61. The Hall–Kier alpha value is -3.78. The SMILES string of the molecule is C=CC(=O)N1CCN(c2nc(OC)nc3c2CCN(c2ccccc2C(F)F)C3)CC1CC#N.CC.CN1CCCC1. The van der Waals surface area contributed by atoms with Crippen LogP contribution < -0.4 is 14.5 Å². The quantitative estimate of drug-likeness (QED) is 0.447. The lowest BCUT2D eigenvalue weighted by Gasteiger charge is -2.42. The minimum atomic E-state index is -2.57. The van der Waals surface area contributed by atoms with Crippen molar-refractivity contribution in [2.45, 2.75) is 58.5 Å². The molecule has 2 saturated heterocycles. The van der Waals surface area contributed by atoms with Gasteiger partial charge in [0.25, 0.3) is 6.43 Å². The summed E-state index contributed by atoms with van der Waals surface area (Å²) in [5.41, 5.74) is 2.15. The number of piperazine rings is 1. The minimum Gasteiger partial charge on any atom is -0.467 e. The molecule has 1 aromatic heterocycles. The van der Waals surface area contributed by atoms with Gasteiger partial charge in [-0.25, -0.2) is 8.78 Å². The van der Waals surface area contributed by atoms with E-state index in [-0.39, 0.29) is 29.9 Å². The number of hydrogen-bond donors (Lipinski definition) is 0. The number of rotatable bonds is 6. The van der Waals surface area contributed by atoms with Crippen LogP contribution in [0.2, 0.25) is 0 Å². The van der Waals surface area contributed by atoms with E-state index in [0.29, 0.717) is 50.6 Å². The van der Waals surface area contributed by atoms with E-state index in [0.717, 1.165) is 11.3 Å². The molecular weight excluding hydrogens is 540 g/mol. The number of likely N-dealkylation sites (tertiary alicyclic amines) is 1. The maximum atomic E-state index is 13.6. The number of hydrogen-bond acceptors (Lipinski definition) is 8. The normalized spacial score (nSPS) is 18.2. The maximum Gasteiger partial charge on any atom is 0.318 e. The second-order valence-corrected chi connectivity index (χ2v) is 10.2. The van der Waals surface area contributed by atoms with E-state index in [9.17, 15) is 18.8 Å². The van der Waals surface area contributed by atoms with Crippen LogP contribution in [0.15, 0.2) is 36.9 Å². The van der Waals surface area contributed by atoms with Crippen LogP contribution in [-0.4, -0.2) is 85.1 Å². The fourth-order valence-electron chi connectivity index (χ4n) is 5.52. The fourth-order valence-corrected chi connectivity index (χ4v) is 5.52. The third kappa shape index (κ3) is 7.94. The minimum absolute atomic E-state index is 0.00505. The lowest BCUT2D eigenvalue weighted by Crippen LogP contribution is -2.55. The number of halogens is 2. The van der Waals surface area contributed by atoms with Gasteiger partial charge in [-0.05, 0) is 51.5 Å². The maximum absolute atomic E-state index is 13.6. The number of ether oxygens (including phenoxy) is 1. The first kappa shape index (κ1) is 32.7. The van der Waals surface area contributed by atoms with Crippen molar-refractivity contribution in [3.05, 3.63) is 53.7 Å². The molecule has 228 valence electrons. The molecule has 1 unspecified atom stereocenters. The number of methoxy groups -OCH3 is 1. The molecule has 1 amide bonds. The van der Waals surface area contributed by atoms with Gasteiger partial charge in [0.1, 0.15) is 5.82 Å². The van der Waals surface area contributed by atoms with Gasteiger partial charge in [0, 0.05) is 43.0 Å². The number of carbonyl (C=O) groups is 1. The van der Waals surface area contributed by atoms with E-state index >= 15 is 0 Å². The molecule has 3 aliphatic heterocycles. The first-order valence-corrected chi connectivity index (χ1v) is 14.7. The summed E-state index contributed by atoms with van der Waals surface area (Å²) < 4.78 is 32.5. The van der Waals surface area contributed by atoms with Crippen LogP contribution in [0.5, 0.6) is 6.01 Å². The second-order valence-electron chi connectivity index (χ2n) is 10.2. The van der Waals surface area contributed by atoms with Gasteiger partial charge >= 0.3 is 6.01 Å². The molecule has 0 spiro atoms. The van der Waals surface area contributed by atoms with E-state index in [1.807, 2.05) is 18.7 Å². The standard InChI is InChI=1S/C24H26F2N6O2.C5H11N.C2H6/c1-3-21(33)32-13-12-31(14-16(32)8-10-27)23-17-9-11-30(15-19(17)28-24(29-23)34-2)20-7-5-4-6-18(20)22(25)26;1-6-4-2-3-5-6;1-2/h3-7,16,22H,1,8-9,11-15H2,2H3;2-5H2,1H3;1-2H3. The summed E-state index contributed by atoms with van der Waals surface area (Å²) >= 11 is 0. The van der Waals surface area contributed by atoms with Crippen molar-refractivity contribution in [2.75, 3.05) is 63.2 Å². The van der Waals surface area contributed by atoms with Crippen molar-refractivity contribution in [3.63, 3.8) is 0 Å². The van der Waals surface area contributed by atoms with E-state index in [1.165, 1.54) is 45.2 Å². The Morgan fingerprint density at radius 2 is 1.86 bits per heavy atom. The Labute approximate surface area is 248 Å². The predicted molar refractivity (Wildman–Crippen MR) is 161 cm³/mol. The van der Waals surface area contributed by atoms with Crippen LogP contribution in [0.4, 0.5) is 20.3 Å². The molecule has 0 radical (unpaired) electrons. The zero-order chi connectivity index (χ0) is 30.6. The number of para-hydroxylation sites is 1. The van der Waals surface area contributed by atoms with Gasteiger partial charge in [-0.3, -0.25) is 4.79 Å². The third-order valence-electron chi connectivity index (χ3n) is 7.61. The highest BCUT2D eigenvalue weighted by atomic mass is 19.3. The molecule has 1 atom stereocenters.